The number of primary amides is 1. The van der Waals surface area contributed by atoms with E-state index in [0.717, 1.165) is 16.6 Å². The molecular weight excluding hydrogens is 982 g/mol. The Bertz CT molecular complexity index is 2650. The van der Waals surface area contributed by atoms with Gasteiger partial charge in [0.1, 0.15) is 35.7 Å². The summed E-state index contributed by atoms with van der Waals surface area (Å²) in [6.07, 6.45) is 3.44. The third kappa shape index (κ3) is 16.7. The highest BCUT2D eigenvalue weighted by molar-refractivity contribution is 6.30. The third-order valence-electron chi connectivity index (χ3n) is 13.5. The molecule has 2 aliphatic heterocycles. The highest BCUT2D eigenvalue weighted by atomic mass is 35.5. The van der Waals surface area contributed by atoms with Crippen LogP contribution in [0.25, 0.3) is 10.9 Å². The van der Waals surface area contributed by atoms with Crippen molar-refractivity contribution in [1.82, 2.24) is 42.2 Å². The van der Waals surface area contributed by atoms with E-state index in [4.69, 9.17) is 28.8 Å². The summed E-state index contributed by atoms with van der Waals surface area (Å²) in [6.45, 7) is 2.64. The number of halogens is 1. The highest BCUT2D eigenvalue weighted by Crippen LogP contribution is 2.29. The molecule has 8 amide bonds. The Kier molecular flexibility index (Phi) is 20.8. The molecule has 0 radical (unpaired) electrons. The van der Waals surface area contributed by atoms with Crippen LogP contribution in [0.15, 0.2) is 90.1 Å². The van der Waals surface area contributed by atoms with Crippen LogP contribution in [-0.2, 0) is 51.2 Å². The Morgan fingerprint density at radius 2 is 1.44 bits per heavy atom. The van der Waals surface area contributed by atoms with Crippen molar-refractivity contribution < 1.29 is 38.4 Å². The molecule has 0 saturated carbocycles. The van der Waals surface area contributed by atoms with Gasteiger partial charge in [-0.05, 0) is 92.8 Å². The van der Waals surface area contributed by atoms with Crippen molar-refractivity contribution in [3.63, 3.8) is 0 Å². The van der Waals surface area contributed by atoms with Crippen LogP contribution in [0.1, 0.15) is 88.7 Å². The number of rotatable bonds is 14. The quantitative estimate of drug-likeness (QED) is 0.0490. The van der Waals surface area contributed by atoms with Gasteiger partial charge in [-0.1, -0.05) is 73.5 Å². The Hall–Kier alpha value is -7.68. The molecule has 0 aliphatic carbocycles. The van der Waals surface area contributed by atoms with Crippen molar-refractivity contribution in [2.24, 2.45) is 22.2 Å². The molecule has 5 atom stereocenters. The normalized spacial score (nSPS) is 21.6. The van der Waals surface area contributed by atoms with E-state index in [1.165, 1.54) is 0 Å². The van der Waals surface area contributed by atoms with Gasteiger partial charge in [0.25, 0.3) is 0 Å². The summed E-state index contributed by atoms with van der Waals surface area (Å²) in [4.78, 5) is 123. The fourth-order valence-electron chi connectivity index (χ4n) is 9.26. The molecule has 402 valence electrons. The molecule has 4 aromatic rings. The minimum atomic E-state index is -1.68. The van der Waals surface area contributed by atoms with Crippen molar-refractivity contribution in [2.45, 2.75) is 126 Å². The topological polar surface area (TPSA) is 330 Å². The number of carbonyl (C=O) groups is 8. The van der Waals surface area contributed by atoms with Gasteiger partial charge in [0.2, 0.25) is 47.3 Å². The lowest BCUT2D eigenvalue weighted by molar-refractivity contribution is -0.139. The van der Waals surface area contributed by atoms with Crippen LogP contribution in [0.4, 0.5) is 5.69 Å². The predicted molar refractivity (Wildman–Crippen MR) is 286 cm³/mol. The minimum absolute atomic E-state index is 0.0235. The van der Waals surface area contributed by atoms with E-state index in [-0.39, 0.29) is 83.5 Å². The van der Waals surface area contributed by atoms with Crippen molar-refractivity contribution in [2.75, 3.05) is 31.1 Å². The number of benzene rings is 3. The number of nitrogens with zero attached hydrogens (tertiary/aromatic N) is 2. The number of aliphatic imine (C=N–C) groups is 1. The number of H-pyrrole nitrogens is 1. The largest absolute Gasteiger partial charge is 0.371 e. The number of guanidine groups is 1. The Morgan fingerprint density at radius 1 is 0.773 bits per heavy atom. The average Bonchev–Trinajstić information content (AvgIpc) is 3.80. The molecule has 3 heterocycles. The summed E-state index contributed by atoms with van der Waals surface area (Å²) in [5.74, 6) is -5.78. The number of aromatic nitrogens is 1. The maximum atomic E-state index is 15.2. The molecule has 2 saturated heterocycles. The minimum Gasteiger partial charge on any atom is -0.371 e. The number of para-hydroxylation sites is 1. The van der Waals surface area contributed by atoms with Gasteiger partial charge in [-0.2, -0.15) is 0 Å². The van der Waals surface area contributed by atoms with Crippen LogP contribution >= 0.6 is 11.6 Å². The summed E-state index contributed by atoms with van der Waals surface area (Å²) >= 11 is 6.21. The summed E-state index contributed by atoms with van der Waals surface area (Å²) in [5.41, 5.74) is 18.3. The monoisotopic (exact) mass is 1050 g/mol. The van der Waals surface area contributed by atoms with E-state index in [0.29, 0.717) is 41.8 Å². The van der Waals surface area contributed by atoms with Gasteiger partial charge in [-0.15, -0.1) is 0 Å². The fourth-order valence-corrected chi connectivity index (χ4v) is 9.39. The van der Waals surface area contributed by atoms with Crippen molar-refractivity contribution in [3.8, 4) is 0 Å². The first kappa shape index (κ1) is 56.6. The van der Waals surface area contributed by atoms with E-state index in [2.05, 4.69) is 47.2 Å². The smallest absolute Gasteiger partial charge is 0.246 e. The zero-order valence-corrected chi connectivity index (χ0v) is 43.0. The van der Waals surface area contributed by atoms with E-state index in [9.17, 15) is 33.6 Å². The first-order valence-corrected chi connectivity index (χ1v) is 26.0. The van der Waals surface area contributed by atoms with E-state index >= 15 is 4.79 Å². The second-order valence-corrected chi connectivity index (χ2v) is 19.6. The van der Waals surface area contributed by atoms with Gasteiger partial charge in [0, 0.05) is 73.3 Å². The average molecular weight is 1050 g/mol. The molecule has 6 rings (SSSR count). The number of aromatic amines is 1. The van der Waals surface area contributed by atoms with Crippen molar-refractivity contribution >= 4 is 81.4 Å². The number of nitrogens with two attached hydrogens (primary N) is 3. The van der Waals surface area contributed by atoms with Crippen LogP contribution in [-0.4, -0.2) is 120 Å². The second kappa shape index (κ2) is 27.6. The summed E-state index contributed by atoms with van der Waals surface area (Å²) in [6, 6.07) is 16.9. The number of hydrogen-bond donors (Lipinski definition) is 11. The Labute approximate surface area is 441 Å². The first-order valence-electron chi connectivity index (χ1n) is 25.6. The highest BCUT2D eigenvalue weighted by Gasteiger charge is 2.46. The molecule has 75 heavy (non-hydrogen) atoms. The van der Waals surface area contributed by atoms with Crippen LogP contribution < -0.4 is 59.3 Å². The Morgan fingerprint density at radius 3 is 2.15 bits per heavy atom. The number of fused-ring (bicyclic) bond motifs is 1. The lowest BCUT2D eigenvalue weighted by Crippen LogP contribution is -2.68. The molecule has 14 N–H and O–H groups in total. The molecule has 1 spiro atoms. The molecule has 21 nitrogen and oxygen atoms in total. The number of anilines is 1. The number of amides is 8. The summed E-state index contributed by atoms with van der Waals surface area (Å²) < 4.78 is 0. The number of piperidine rings is 1. The number of unbranched alkanes of at least 4 members (excludes halogenated alkanes) is 1. The molecule has 1 aromatic heterocycles. The van der Waals surface area contributed by atoms with Gasteiger partial charge in [0.05, 0.1) is 6.42 Å². The number of hydrogen-bond acceptors (Lipinski definition) is 10. The maximum absolute atomic E-state index is 15.2. The number of nitrogens with one attached hydrogen (secondary N) is 8. The second-order valence-electron chi connectivity index (χ2n) is 19.1. The van der Waals surface area contributed by atoms with Gasteiger partial charge in [-0.3, -0.25) is 43.3 Å². The maximum Gasteiger partial charge on any atom is 0.246 e. The first-order chi connectivity index (χ1) is 36.0. The van der Waals surface area contributed by atoms with Gasteiger partial charge in [0.15, 0.2) is 5.96 Å². The van der Waals surface area contributed by atoms with Crippen LogP contribution in [0.2, 0.25) is 5.02 Å². The SMILES string of the molecule is CCCCC(=O)NC1CC(=O)NCCCCC(C(N)=O)NC(=O)C(Cc2c[nH]c3ccccc23)NC(=O)C(CCCN=C(N)N)NC(=O)C(Cc2ccccc2)NC(=O)C2(CCN(c3ccc(Cl)cc3)CC2)NC1=O. The van der Waals surface area contributed by atoms with E-state index in [1.54, 1.807) is 48.7 Å². The molecule has 5 unspecified atom stereocenters. The molecular formula is C53H70ClN13O8. The lowest BCUT2D eigenvalue weighted by Gasteiger charge is -2.43. The van der Waals surface area contributed by atoms with Gasteiger partial charge >= 0.3 is 0 Å². The molecule has 2 aliphatic rings. The van der Waals surface area contributed by atoms with Crippen molar-refractivity contribution in [3.05, 3.63) is 101 Å². The molecule has 0 bridgehead atoms. The zero-order chi connectivity index (χ0) is 53.9. The summed E-state index contributed by atoms with van der Waals surface area (Å²) in [7, 11) is 0. The van der Waals surface area contributed by atoms with E-state index < -0.39 is 89.4 Å². The predicted octanol–water partition coefficient (Wildman–Crippen LogP) is 1.61. The number of carbonyl (C=O) groups excluding carboxylic acids is 8. The standard InChI is InChI=1S/C53H70ClN13O8/c1-2-3-18-44(68)61-43-31-45(69)58-25-10-9-16-39(46(55)70)62-49(73)42(30-34-32-60-38-15-8-7-14-37(34)38)64-47(71)40(17-11-26-59-52(56)57)63-48(72)41(29-33-12-5-4-6-13-33)65-51(75)53(66-50(43)74)23-27-67(28-24-53)36-21-19-35(54)20-22-36/h4-8,12-15,19-22,32,39-43,60H,2-3,9-11,16-18,23-31H2,1H3,(H2,55,70)(H,58,69)(H,61,68)(H,62,73)(H,63,72)(H,64,71)(H,65,75)(H,66,74)(H4,56,57,59). The van der Waals surface area contributed by atoms with Gasteiger partial charge in [-0.25, -0.2) is 0 Å². The van der Waals surface area contributed by atoms with Crippen molar-refractivity contribution in [1.29, 1.82) is 0 Å². The molecule has 22 heteroatoms. The fraction of sp³-hybridized carbons (Fsp3) is 0.453. The van der Waals surface area contributed by atoms with Gasteiger partial charge < -0.3 is 64.3 Å². The van der Waals surface area contributed by atoms with Crippen LogP contribution in [0.5, 0.6) is 0 Å². The van der Waals surface area contributed by atoms with E-state index in [1.807, 2.05) is 48.2 Å². The lowest BCUT2D eigenvalue weighted by atomic mass is 9.85. The van der Waals surface area contributed by atoms with Crippen LogP contribution in [0, 0.1) is 0 Å². The molecule has 3 aromatic carbocycles. The third-order valence-corrected chi connectivity index (χ3v) is 13.8. The zero-order valence-electron chi connectivity index (χ0n) is 42.3. The Balaban J connectivity index is 1.39. The summed E-state index contributed by atoms with van der Waals surface area (Å²) in [5, 5.41) is 21.1. The van der Waals surface area contributed by atoms with Crippen LogP contribution in [0.3, 0.4) is 0 Å². The molecule has 2 fully saturated rings.